The highest BCUT2D eigenvalue weighted by Gasteiger charge is 1.98. The van der Waals surface area contributed by atoms with Crippen LogP contribution in [0.4, 0.5) is 15.8 Å². The van der Waals surface area contributed by atoms with Crippen LogP contribution in [0.15, 0.2) is 18.2 Å². The molecule has 0 bridgehead atoms. The van der Waals surface area contributed by atoms with Crippen molar-refractivity contribution in [1.82, 2.24) is 0 Å². The molecule has 0 spiro atoms. The van der Waals surface area contributed by atoms with Gasteiger partial charge in [0.05, 0.1) is 12.3 Å². The molecule has 72 valence electrons. The van der Waals surface area contributed by atoms with Gasteiger partial charge in [-0.1, -0.05) is 0 Å². The van der Waals surface area contributed by atoms with Gasteiger partial charge >= 0.3 is 0 Å². The van der Waals surface area contributed by atoms with E-state index in [4.69, 9.17) is 10.5 Å². The van der Waals surface area contributed by atoms with E-state index >= 15 is 0 Å². The molecule has 0 atom stereocenters. The Kier molecular flexibility index (Phi) is 3.52. The van der Waals surface area contributed by atoms with Crippen LogP contribution in [-0.4, -0.2) is 20.3 Å². The van der Waals surface area contributed by atoms with Crippen molar-refractivity contribution in [1.29, 1.82) is 0 Å². The minimum Gasteiger partial charge on any atom is -0.396 e. The maximum Gasteiger partial charge on any atom is 0.146 e. The van der Waals surface area contributed by atoms with Crippen molar-refractivity contribution in [2.45, 2.75) is 0 Å². The smallest absolute Gasteiger partial charge is 0.146 e. The molecule has 0 saturated carbocycles. The summed E-state index contributed by atoms with van der Waals surface area (Å²) in [6, 6.07) is 4.54. The number of nitrogens with one attached hydrogen (secondary N) is 1. The molecule has 1 aromatic carbocycles. The summed E-state index contributed by atoms with van der Waals surface area (Å²) in [6.07, 6.45) is 0. The Bertz CT molecular complexity index is 278. The number of anilines is 2. The minimum atomic E-state index is -0.391. The van der Waals surface area contributed by atoms with E-state index in [1.807, 2.05) is 0 Å². The number of methoxy groups -OCH3 is 1. The molecule has 0 aliphatic rings. The standard InChI is InChI=1S/C9H13FN2O/c1-13-5-4-12-7-2-3-8(10)9(11)6-7/h2-3,6,12H,4-5,11H2,1H3. The van der Waals surface area contributed by atoms with Crippen LogP contribution in [0.3, 0.4) is 0 Å². The van der Waals surface area contributed by atoms with Crippen molar-refractivity contribution in [3.63, 3.8) is 0 Å². The highest BCUT2D eigenvalue weighted by atomic mass is 19.1. The van der Waals surface area contributed by atoms with Gasteiger partial charge in [0.25, 0.3) is 0 Å². The first-order valence-electron chi connectivity index (χ1n) is 4.02. The normalized spacial score (nSPS) is 10.0. The molecule has 4 heteroatoms. The zero-order valence-electron chi connectivity index (χ0n) is 7.51. The fourth-order valence-corrected chi connectivity index (χ4v) is 0.951. The maximum atomic E-state index is 12.7. The highest BCUT2D eigenvalue weighted by Crippen LogP contribution is 2.15. The van der Waals surface area contributed by atoms with Crippen molar-refractivity contribution in [2.24, 2.45) is 0 Å². The molecule has 0 unspecified atom stereocenters. The second-order valence-corrected chi connectivity index (χ2v) is 2.66. The number of halogens is 1. The van der Waals surface area contributed by atoms with Crippen LogP contribution in [0, 0.1) is 5.82 Å². The minimum absolute atomic E-state index is 0.155. The quantitative estimate of drug-likeness (QED) is 0.550. The van der Waals surface area contributed by atoms with Gasteiger partial charge in [0.2, 0.25) is 0 Å². The molecule has 0 amide bonds. The van der Waals surface area contributed by atoms with Crippen molar-refractivity contribution in [3.8, 4) is 0 Å². The zero-order chi connectivity index (χ0) is 9.68. The molecule has 1 rings (SSSR count). The molecule has 0 aromatic heterocycles. The Morgan fingerprint density at radius 1 is 1.54 bits per heavy atom. The van der Waals surface area contributed by atoms with Gasteiger partial charge in [-0.3, -0.25) is 0 Å². The van der Waals surface area contributed by atoms with Crippen LogP contribution < -0.4 is 11.1 Å². The van der Waals surface area contributed by atoms with E-state index in [0.29, 0.717) is 13.2 Å². The van der Waals surface area contributed by atoms with Gasteiger partial charge in [0.1, 0.15) is 5.82 Å². The van der Waals surface area contributed by atoms with Gasteiger partial charge in [-0.15, -0.1) is 0 Å². The number of hydrogen-bond donors (Lipinski definition) is 2. The fraction of sp³-hybridized carbons (Fsp3) is 0.333. The Morgan fingerprint density at radius 3 is 2.92 bits per heavy atom. The second-order valence-electron chi connectivity index (χ2n) is 2.66. The summed E-state index contributed by atoms with van der Waals surface area (Å²) in [5.74, 6) is -0.391. The third-order valence-electron chi connectivity index (χ3n) is 1.63. The highest BCUT2D eigenvalue weighted by molar-refractivity contribution is 5.54. The van der Waals surface area contributed by atoms with Crippen LogP contribution in [0.5, 0.6) is 0 Å². The SMILES string of the molecule is COCCNc1ccc(F)c(N)c1. The molecule has 0 saturated heterocycles. The topological polar surface area (TPSA) is 47.3 Å². The summed E-state index contributed by atoms with van der Waals surface area (Å²) in [6.45, 7) is 1.29. The summed E-state index contributed by atoms with van der Waals surface area (Å²) >= 11 is 0. The predicted molar refractivity (Wildman–Crippen MR) is 51.2 cm³/mol. The van der Waals surface area contributed by atoms with Crippen molar-refractivity contribution < 1.29 is 9.13 Å². The lowest BCUT2D eigenvalue weighted by atomic mass is 10.2. The summed E-state index contributed by atoms with van der Waals surface area (Å²) in [4.78, 5) is 0. The molecule has 0 radical (unpaired) electrons. The maximum absolute atomic E-state index is 12.7. The summed E-state index contributed by atoms with van der Waals surface area (Å²) < 4.78 is 17.6. The Hall–Kier alpha value is -1.29. The Balaban J connectivity index is 2.53. The average Bonchev–Trinajstić information content (AvgIpc) is 2.12. The predicted octanol–water partition coefficient (Wildman–Crippen LogP) is 1.47. The number of benzene rings is 1. The van der Waals surface area contributed by atoms with E-state index in [1.165, 1.54) is 6.07 Å². The van der Waals surface area contributed by atoms with Gasteiger partial charge in [-0.05, 0) is 18.2 Å². The molecule has 0 aliphatic heterocycles. The molecular weight excluding hydrogens is 171 g/mol. The molecule has 13 heavy (non-hydrogen) atoms. The molecule has 3 nitrogen and oxygen atoms in total. The lowest BCUT2D eigenvalue weighted by Gasteiger charge is -2.06. The fourth-order valence-electron chi connectivity index (χ4n) is 0.951. The third-order valence-corrected chi connectivity index (χ3v) is 1.63. The van der Waals surface area contributed by atoms with E-state index in [-0.39, 0.29) is 5.69 Å². The van der Waals surface area contributed by atoms with Gasteiger partial charge in [-0.25, -0.2) is 4.39 Å². The molecule has 0 heterocycles. The van der Waals surface area contributed by atoms with Crippen LogP contribution in [0.25, 0.3) is 0 Å². The number of ether oxygens (including phenoxy) is 1. The van der Waals surface area contributed by atoms with E-state index in [0.717, 1.165) is 5.69 Å². The molecule has 0 aliphatic carbocycles. The Morgan fingerprint density at radius 2 is 2.31 bits per heavy atom. The first kappa shape index (κ1) is 9.80. The van der Waals surface area contributed by atoms with Gasteiger partial charge in [0, 0.05) is 19.3 Å². The molecule has 0 fully saturated rings. The van der Waals surface area contributed by atoms with Gasteiger partial charge in [0.15, 0.2) is 0 Å². The number of nitrogen functional groups attached to an aromatic ring is 1. The van der Waals surface area contributed by atoms with Crippen LogP contribution >= 0.6 is 0 Å². The van der Waals surface area contributed by atoms with Crippen molar-refractivity contribution in [3.05, 3.63) is 24.0 Å². The third kappa shape index (κ3) is 2.91. The number of hydrogen-bond acceptors (Lipinski definition) is 3. The largest absolute Gasteiger partial charge is 0.396 e. The van der Waals surface area contributed by atoms with Crippen molar-refractivity contribution in [2.75, 3.05) is 31.3 Å². The lowest BCUT2D eigenvalue weighted by Crippen LogP contribution is -2.07. The summed E-state index contributed by atoms with van der Waals surface area (Å²) in [5, 5.41) is 3.04. The monoisotopic (exact) mass is 184 g/mol. The van der Waals surface area contributed by atoms with Crippen LogP contribution in [0.2, 0.25) is 0 Å². The molecule has 1 aromatic rings. The van der Waals surface area contributed by atoms with E-state index in [9.17, 15) is 4.39 Å². The van der Waals surface area contributed by atoms with Crippen molar-refractivity contribution >= 4 is 11.4 Å². The van der Waals surface area contributed by atoms with E-state index in [2.05, 4.69) is 5.32 Å². The number of rotatable bonds is 4. The first-order chi connectivity index (χ1) is 6.24. The van der Waals surface area contributed by atoms with Crippen LogP contribution in [-0.2, 0) is 4.74 Å². The zero-order valence-corrected chi connectivity index (χ0v) is 7.51. The second kappa shape index (κ2) is 4.67. The summed E-state index contributed by atoms with van der Waals surface area (Å²) in [5.41, 5.74) is 6.34. The Labute approximate surface area is 76.7 Å². The van der Waals surface area contributed by atoms with E-state index in [1.54, 1.807) is 19.2 Å². The van der Waals surface area contributed by atoms with E-state index < -0.39 is 5.82 Å². The average molecular weight is 184 g/mol. The molecular formula is C9H13FN2O. The van der Waals surface area contributed by atoms with Crippen LogP contribution in [0.1, 0.15) is 0 Å². The summed E-state index contributed by atoms with van der Waals surface area (Å²) in [7, 11) is 1.63. The lowest BCUT2D eigenvalue weighted by molar-refractivity contribution is 0.211. The first-order valence-corrected chi connectivity index (χ1v) is 4.02. The number of nitrogens with two attached hydrogens (primary N) is 1. The van der Waals surface area contributed by atoms with Gasteiger partial charge in [-0.2, -0.15) is 0 Å². The molecule has 3 N–H and O–H groups in total. The van der Waals surface area contributed by atoms with Gasteiger partial charge < -0.3 is 15.8 Å².